The number of carbonyl (C=O) groups is 1. The third-order valence-electron chi connectivity index (χ3n) is 4.34. The Balaban J connectivity index is 1.75. The van der Waals surface area contributed by atoms with Crippen LogP contribution >= 0.6 is 0 Å². The van der Waals surface area contributed by atoms with E-state index in [1.165, 1.54) is 12.1 Å². The molecule has 2 amide bonds. The number of likely N-dealkylation sites (N-methyl/N-ethyl adjacent to an activating group) is 1. The molecule has 138 valence electrons. The van der Waals surface area contributed by atoms with Crippen molar-refractivity contribution in [3.8, 4) is 5.75 Å². The lowest BCUT2D eigenvalue weighted by molar-refractivity contribution is -0.0497. The number of urea groups is 1. The van der Waals surface area contributed by atoms with Crippen LogP contribution in [0.25, 0.3) is 0 Å². The summed E-state index contributed by atoms with van der Waals surface area (Å²) in [5.41, 5.74) is 1.47. The van der Waals surface area contributed by atoms with Crippen LogP contribution in [0.15, 0.2) is 54.6 Å². The second-order valence-electron chi connectivity index (χ2n) is 6.22. The molecule has 0 bridgehead atoms. The van der Waals surface area contributed by atoms with Crippen molar-refractivity contribution in [3.63, 3.8) is 0 Å². The summed E-state index contributed by atoms with van der Waals surface area (Å²) in [5, 5.41) is 2.78. The zero-order chi connectivity index (χ0) is 18.5. The largest absolute Gasteiger partial charge is 0.435 e. The molecule has 1 N–H and O–H groups in total. The van der Waals surface area contributed by atoms with E-state index < -0.39 is 6.61 Å². The fourth-order valence-corrected chi connectivity index (χ4v) is 3.07. The number of halogens is 2. The second-order valence-corrected chi connectivity index (χ2v) is 6.22. The average molecular weight is 361 g/mol. The molecule has 2 aromatic rings. The van der Waals surface area contributed by atoms with Gasteiger partial charge in [0.2, 0.25) is 0 Å². The Hall–Kier alpha value is -2.67. The molecule has 1 atom stereocenters. The first kappa shape index (κ1) is 18.1. The molecule has 0 unspecified atom stereocenters. The Morgan fingerprint density at radius 1 is 1.15 bits per heavy atom. The second kappa shape index (κ2) is 8.14. The molecular formula is C19H21F2N3O2. The van der Waals surface area contributed by atoms with E-state index in [2.05, 4.69) is 15.0 Å². The first-order valence-electron chi connectivity index (χ1n) is 8.39. The van der Waals surface area contributed by atoms with E-state index in [4.69, 9.17) is 0 Å². The number of nitrogens with zero attached hydrogens (tertiary/aromatic N) is 2. The number of benzene rings is 2. The molecule has 26 heavy (non-hydrogen) atoms. The van der Waals surface area contributed by atoms with Gasteiger partial charge >= 0.3 is 12.6 Å². The molecule has 1 fully saturated rings. The minimum absolute atomic E-state index is 0.00999. The topological polar surface area (TPSA) is 44.8 Å². The van der Waals surface area contributed by atoms with Crippen LogP contribution in [-0.4, -0.2) is 49.1 Å². The van der Waals surface area contributed by atoms with E-state index in [1.54, 1.807) is 17.0 Å². The highest BCUT2D eigenvalue weighted by Crippen LogP contribution is 2.26. The van der Waals surface area contributed by atoms with Gasteiger partial charge in [0.05, 0.1) is 6.04 Å². The summed E-state index contributed by atoms with van der Waals surface area (Å²) < 4.78 is 29.1. The SMILES string of the molecule is CN1CCN(C(=O)Nc2cccc(OC(F)F)c2)[C@@H](c2ccccc2)C1. The smallest absolute Gasteiger partial charge is 0.387 e. The maximum Gasteiger partial charge on any atom is 0.387 e. The lowest BCUT2D eigenvalue weighted by Gasteiger charge is -2.40. The fraction of sp³-hybridized carbons (Fsp3) is 0.316. The molecule has 0 radical (unpaired) electrons. The van der Waals surface area contributed by atoms with Crippen molar-refractivity contribution in [2.45, 2.75) is 12.7 Å². The number of carbonyl (C=O) groups excluding carboxylic acids is 1. The van der Waals surface area contributed by atoms with Gasteiger partial charge < -0.3 is 19.9 Å². The molecule has 1 heterocycles. The molecule has 2 aromatic carbocycles. The summed E-state index contributed by atoms with van der Waals surface area (Å²) in [6.45, 7) is -0.826. The summed E-state index contributed by atoms with van der Waals surface area (Å²) >= 11 is 0. The van der Waals surface area contributed by atoms with E-state index in [9.17, 15) is 13.6 Å². The Morgan fingerprint density at radius 3 is 2.65 bits per heavy atom. The molecule has 1 aliphatic rings. The highest BCUT2D eigenvalue weighted by Gasteiger charge is 2.30. The van der Waals surface area contributed by atoms with Gasteiger partial charge in [0.1, 0.15) is 5.75 Å². The van der Waals surface area contributed by atoms with Crippen LogP contribution in [-0.2, 0) is 0 Å². The van der Waals surface area contributed by atoms with Crippen LogP contribution in [0.4, 0.5) is 19.3 Å². The zero-order valence-corrected chi connectivity index (χ0v) is 14.4. The van der Waals surface area contributed by atoms with E-state index in [1.807, 2.05) is 37.4 Å². The predicted octanol–water partition coefficient (Wildman–Crippen LogP) is 3.81. The molecule has 0 aromatic heterocycles. The van der Waals surface area contributed by atoms with Gasteiger partial charge in [-0.15, -0.1) is 0 Å². The van der Waals surface area contributed by atoms with Crippen LogP contribution in [0.5, 0.6) is 5.75 Å². The van der Waals surface area contributed by atoms with Gasteiger partial charge in [-0.3, -0.25) is 0 Å². The maximum absolute atomic E-state index is 12.8. The monoisotopic (exact) mass is 361 g/mol. The summed E-state index contributed by atoms with van der Waals surface area (Å²) in [7, 11) is 2.02. The van der Waals surface area contributed by atoms with Gasteiger partial charge in [-0.1, -0.05) is 36.4 Å². The first-order chi connectivity index (χ1) is 12.5. The quantitative estimate of drug-likeness (QED) is 0.901. The molecular weight excluding hydrogens is 340 g/mol. The fourth-order valence-electron chi connectivity index (χ4n) is 3.07. The normalized spacial score (nSPS) is 18.0. The summed E-state index contributed by atoms with van der Waals surface area (Å²) in [6, 6.07) is 15.5. The van der Waals surface area contributed by atoms with Crippen molar-refractivity contribution in [1.82, 2.24) is 9.80 Å². The van der Waals surface area contributed by atoms with Gasteiger partial charge in [-0.05, 0) is 24.7 Å². The molecule has 0 spiro atoms. The summed E-state index contributed by atoms with van der Waals surface area (Å²) in [4.78, 5) is 16.8. The Bertz CT molecular complexity index is 743. The van der Waals surface area contributed by atoms with Gasteiger partial charge in [0, 0.05) is 31.4 Å². The third-order valence-corrected chi connectivity index (χ3v) is 4.34. The summed E-state index contributed by atoms with van der Waals surface area (Å²) in [6.07, 6.45) is 0. The van der Waals surface area contributed by atoms with Gasteiger partial charge in [0.25, 0.3) is 0 Å². The highest BCUT2D eigenvalue weighted by atomic mass is 19.3. The Kier molecular flexibility index (Phi) is 5.68. The molecule has 0 saturated carbocycles. The van der Waals surface area contributed by atoms with Crippen LogP contribution < -0.4 is 10.1 Å². The van der Waals surface area contributed by atoms with Crippen LogP contribution in [0.3, 0.4) is 0 Å². The van der Waals surface area contributed by atoms with Crippen molar-refractivity contribution in [1.29, 1.82) is 0 Å². The summed E-state index contributed by atoms with van der Waals surface area (Å²) in [5.74, 6) is 0.00999. The van der Waals surface area contributed by atoms with Crippen molar-refractivity contribution in [2.24, 2.45) is 0 Å². The van der Waals surface area contributed by atoms with E-state index in [0.717, 1.165) is 18.7 Å². The van der Waals surface area contributed by atoms with E-state index in [-0.39, 0.29) is 17.8 Å². The Labute approximate surface area is 151 Å². The van der Waals surface area contributed by atoms with Gasteiger partial charge in [0.15, 0.2) is 0 Å². The molecule has 5 nitrogen and oxygen atoms in total. The van der Waals surface area contributed by atoms with Crippen LogP contribution in [0.1, 0.15) is 11.6 Å². The number of hydrogen-bond donors (Lipinski definition) is 1. The van der Waals surface area contributed by atoms with Crippen LogP contribution in [0, 0.1) is 0 Å². The van der Waals surface area contributed by atoms with E-state index >= 15 is 0 Å². The minimum Gasteiger partial charge on any atom is -0.435 e. The standard InChI is InChI=1S/C19H21F2N3O2/c1-23-10-11-24(17(13-23)14-6-3-2-4-7-14)19(25)22-15-8-5-9-16(12-15)26-18(20)21/h2-9,12,17-18H,10-11,13H2,1H3,(H,22,25)/t17-/m1/s1. The number of anilines is 1. The number of rotatable bonds is 4. The molecule has 7 heteroatoms. The number of hydrogen-bond acceptors (Lipinski definition) is 3. The number of nitrogens with one attached hydrogen (secondary N) is 1. The molecule has 3 rings (SSSR count). The maximum atomic E-state index is 12.8. The number of amides is 2. The average Bonchev–Trinajstić information content (AvgIpc) is 2.62. The van der Waals surface area contributed by atoms with Crippen molar-refractivity contribution >= 4 is 11.7 Å². The minimum atomic E-state index is -2.90. The van der Waals surface area contributed by atoms with Crippen molar-refractivity contribution in [3.05, 3.63) is 60.2 Å². The zero-order valence-electron chi connectivity index (χ0n) is 14.4. The van der Waals surface area contributed by atoms with Crippen molar-refractivity contribution < 1.29 is 18.3 Å². The Morgan fingerprint density at radius 2 is 1.92 bits per heavy atom. The highest BCUT2D eigenvalue weighted by molar-refractivity contribution is 5.90. The lowest BCUT2D eigenvalue weighted by atomic mass is 10.0. The predicted molar refractivity (Wildman–Crippen MR) is 95.5 cm³/mol. The number of alkyl halides is 2. The molecule has 1 saturated heterocycles. The van der Waals surface area contributed by atoms with E-state index in [0.29, 0.717) is 12.2 Å². The first-order valence-corrected chi connectivity index (χ1v) is 8.39. The molecule has 0 aliphatic carbocycles. The van der Waals surface area contributed by atoms with Gasteiger partial charge in [-0.2, -0.15) is 8.78 Å². The number of piperazine rings is 1. The third kappa shape index (κ3) is 4.49. The van der Waals surface area contributed by atoms with Gasteiger partial charge in [-0.25, -0.2) is 4.79 Å². The molecule has 1 aliphatic heterocycles. The lowest BCUT2D eigenvalue weighted by Crippen LogP contribution is -2.50. The van der Waals surface area contributed by atoms with Crippen LogP contribution in [0.2, 0.25) is 0 Å². The number of ether oxygens (including phenoxy) is 1. The van der Waals surface area contributed by atoms with Crippen molar-refractivity contribution in [2.75, 3.05) is 32.0 Å².